The summed E-state index contributed by atoms with van der Waals surface area (Å²) in [7, 11) is 6.25. The zero-order chi connectivity index (χ0) is 13.7. The summed E-state index contributed by atoms with van der Waals surface area (Å²) in [5.74, 6) is -0.190. The van der Waals surface area contributed by atoms with Crippen molar-refractivity contribution in [2.45, 2.75) is 45.8 Å². The summed E-state index contributed by atoms with van der Waals surface area (Å²) >= 11 is 0. The van der Waals surface area contributed by atoms with Gasteiger partial charge in [0.1, 0.15) is 18.2 Å². The van der Waals surface area contributed by atoms with Gasteiger partial charge in [0.05, 0.1) is 27.6 Å². The molecule has 18 heavy (non-hydrogen) atoms. The van der Waals surface area contributed by atoms with Crippen LogP contribution in [0, 0.1) is 7.43 Å². The minimum atomic E-state index is -0.426. The van der Waals surface area contributed by atoms with Gasteiger partial charge in [-0.1, -0.05) is 0 Å². The lowest BCUT2D eigenvalue weighted by molar-refractivity contribution is -0.873. The summed E-state index contributed by atoms with van der Waals surface area (Å²) < 4.78 is 11.7. The number of rotatable bonds is 6. The van der Waals surface area contributed by atoms with E-state index in [0.717, 1.165) is 11.0 Å². The Morgan fingerprint density at radius 3 is 2.06 bits per heavy atom. The summed E-state index contributed by atoms with van der Waals surface area (Å²) in [6.07, 6.45) is 0.246. The molecule has 1 atom stereocenters. The number of hydrogen-bond acceptors (Lipinski definition) is 3. The van der Waals surface area contributed by atoms with Gasteiger partial charge in [-0.15, -0.1) is 0 Å². The van der Waals surface area contributed by atoms with Crippen LogP contribution in [0.25, 0.3) is 0 Å². The van der Waals surface area contributed by atoms with Gasteiger partial charge in [0.2, 0.25) is 0 Å². The van der Waals surface area contributed by atoms with Gasteiger partial charge >= 0.3 is 5.97 Å². The molecule has 0 aliphatic heterocycles. The van der Waals surface area contributed by atoms with Crippen molar-refractivity contribution in [3.63, 3.8) is 0 Å². The third kappa shape index (κ3) is 11.9. The van der Waals surface area contributed by atoms with Crippen LogP contribution in [0.1, 0.15) is 34.1 Å². The molecule has 0 N–H and O–H groups in total. The zero-order valence-corrected chi connectivity index (χ0v) is 13.4. The third-order valence-corrected chi connectivity index (χ3v) is 1.97. The molecule has 0 bridgehead atoms. The van der Waals surface area contributed by atoms with Crippen LogP contribution >= 0.6 is 0 Å². The Kier molecular flexibility index (Phi) is 8.49. The predicted octanol–water partition coefficient (Wildman–Crippen LogP) is 2.28. The Hall–Kier alpha value is -0.610. The van der Waals surface area contributed by atoms with Crippen LogP contribution in [-0.2, 0) is 14.3 Å². The molecule has 4 nitrogen and oxygen atoms in total. The lowest BCUT2D eigenvalue weighted by Gasteiger charge is -2.29. The Morgan fingerprint density at radius 1 is 1.22 bits per heavy atom. The van der Waals surface area contributed by atoms with Crippen molar-refractivity contribution < 1.29 is 18.8 Å². The molecule has 0 rings (SSSR count). The van der Waals surface area contributed by atoms with E-state index in [0.29, 0.717) is 13.0 Å². The van der Waals surface area contributed by atoms with Crippen molar-refractivity contribution in [1.82, 2.24) is 0 Å². The summed E-state index contributed by atoms with van der Waals surface area (Å²) in [6, 6.07) is 0. The molecular weight excluding hydrogens is 230 g/mol. The summed E-state index contributed by atoms with van der Waals surface area (Å²) in [5.41, 5.74) is -0.426. The average Bonchev–Trinajstić information content (AvgIpc) is 1.95. The number of nitrogens with zero attached hydrogens (tertiary/aromatic N) is 1. The second kappa shape index (κ2) is 7.74. The van der Waals surface area contributed by atoms with E-state index in [1.807, 2.05) is 27.7 Å². The van der Waals surface area contributed by atoms with Gasteiger partial charge in [0, 0.05) is 6.61 Å². The fraction of sp³-hybridized carbons (Fsp3) is 0.857. The third-order valence-electron chi connectivity index (χ3n) is 1.97. The smallest absolute Gasteiger partial charge is 0.309 e. The van der Waals surface area contributed by atoms with E-state index in [4.69, 9.17) is 9.47 Å². The minimum absolute atomic E-state index is 0. The Morgan fingerprint density at radius 2 is 1.72 bits per heavy atom. The first-order chi connectivity index (χ1) is 7.53. The highest BCUT2D eigenvalue weighted by Gasteiger charge is 2.24. The maximum absolute atomic E-state index is 11.7. The highest BCUT2D eigenvalue weighted by Crippen LogP contribution is 2.12. The minimum Gasteiger partial charge on any atom is -0.460 e. The van der Waals surface area contributed by atoms with Crippen LogP contribution in [0.4, 0.5) is 0 Å². The van der Waals surface area contributed by atoms with Crippen LogP contribution in [0.3, 0.4) is 0 Å². The molecule has 1 unspecified atom stereocenters. The molecule has 0 amide bonds. The SMILES string of the molecule is CCOC(CC(=O)OC(C)(C)C)C[N+](C)(C)C.[CH3-]. The molecule has 0 saturated heterocycles. The highest BCUT2D eigenvalue weighted by atomic mass is 16.6. The lowest BCUT2D eigenvalue weighted by Crippen LogP contribution is -2.43. The second-order valence-corrected chi connectivity index (χ2v) is 6.34. The van der Waals surface area contributed by atoms with Gasteiger partial charge < -0.3 is 21.4 Å². The quantitative estimate of drug-likeness (QED) is 0.418. The maximum Gasteiger partial charge on any atom is 0.309 e. The van der Waals surface area contributed by atoms with Gasteiger partial charge in [0.15, 0.2) is 0 Å². The van der Waals surface area contributed by atoms with E-state index < -0.39 is 5.60 Å². The van der Waals surface area contributed by atoms with Gasteiger partial charge in [-0.3, -0.25) is 4.79 Å². The van der Waals surface area contributed by atoms with E-state index in [1.54, 1.807) is 0 Å². The molecule has 0 aromatic heterocycles. The molecule has 110 valence electrons. The number of likely N-dealkylation sites (N-methyl/N-ethyl adjacent to an activating group) is 1. The summed E-state index contributed by atoms with van der Waals surface area (Å²) in [5, 5.41) is 0. The lowest BCUT2D eigenvalue weighted by atomic mass is 10.2. The standard InChI is InChI=1S/C13H28NO3.CH3/c1-8-16-11(10-14(5,6)7)9-12(15)17-13(2,3)4;/h11H,8-10H2,1-7H3;1H3/q+1;-1. The average molecular weight is 261 g/mol. The molecule has 0 radical (unpaired) electrons. The molecule has 4 heteroatoms. The second-order valence-electron chi connectivity index (χ2n) is 6.34. The van der Waals surface area contributed by atoms with E-state index in [2.05, 4.69) is 21.1 Å². The maximum atomic E-state index is 11.7. The van der Waals surface area contributed by atoms with Gasteiger partial charge in [0.25, 0.3) is 0 Å². The predicted molar refractivity (Wildman–Crippen MR) is 75.2 cm³/mol. The number of quaternary nitrogens is 1. The summed E-state index contributed by atoms with van der Waals surface area (Å²) in [6.45, 7) is 8.99. The Bertz CT molecular complexity index is 238. The first-order valence-electron chi connectivity index (χ1n) is 6.17. The zero-order valence-electron chi connectivity index (χ0n) is 13.4. The number of esters is 1. The molecule has 0 aromatic carbocycles. The van der Waals surface area contributed by atoms with Crippen molar-refractivity contribution in [1.29, 1.82) is 0 Å². The highest BCUT2D eigenvalue weighted by molar-refractivity contribution is 5.70. The van der Waals surface area contributed by atoms with Crippen LogP contribution in [0.5, 0.6) is 0 Å². The monoisotopic (exact) mass is 261 g/mol. The topological polar surface area (TPSA) is 35.5 Å². The molecule has 0 aliphatic rings. The van der Waals surface area contributed by atoms with Crippen molar-refractivity contribution in [2.75, 3.05) is 34.3 Å². The van der Waals surface area contributed by atoms with Gasteiger partial charge in [-0.05, 0) is 27.7 Å². The first-order valence-corrected chi connectivity index (χ1v) is 6.17. The number of carbonyl (C=O) groups is 1. The molecule has 0 fully saturated rings. The fourth-order valence-corrected chi connectivity index (χ4v) is 1.59. The fourth-order valence-electron chi connectivity index (χ4n) is 1.59. The normalized spacial score (nSPS) is 13.7. The van der Waals surface area contributed by atoms with Crippen molar-refractivity contribution in [3.8, 4) is 0 Å². The Labute approximate surface area is 113 Å². The molecular formula is C14H31NO3. The number of ether oxygens (including phenoxy) is 2. The van der Waals surface area contributed by atoms with E-state index in [1.165, 1.54) is 0 Å². The van der Waals surface area contributed by atoms with Crippen LogP contribution in [-0.4, -0.2) is 56.5 Å². The molecule has 0 saturated carbocycles. The molecule has 0 heterocycles. The van der Waals surface area contributed by atoms with E-state index >= 15 is 0 Å². The Balaban J connectivity index is 0. The van der Waals surface area contributed by atoms with E-state index in [9.17, 15) is 4.79 Å². The number of carbonyl (C=O) groups excluding carboxylic acids is 1. The largest absolute Gasteiger partial charge is 0.460 e. The van der Waals surface area contributed by atoms with Crippen molar-refractivity contribution in [2.24, 2.45) is 0 Å². The van der Waals surface area contributed by atoms with Crippen molar-refractivity contribution in [3.05, 3.63) is 7.43 Å². The molecule has 0 aliphatic carbocycles. The van der Waals surface area contributed by atoms with Gasteiger partial charge in [-0.25, -0.2) is 0 Å². The van der Waals surface area contributed by atoms with Crippen LogP contribution < -0.4 is 0 Å². The van der Waals surface area contributed by atoms with E-state index in [-0.39, 0.29) is 19.5 Å². The summed E-state index contributed by atoms with van der Waals surface area (Å²) in [4.78, 5) is 11.7. The van der Waals surface area contributed by atoms with Crippen LogP contribution in [0.2, 0.25) is 0 Å². The van der Waals surface area contributed by atoms with Crippen molar-refractivity contribution >= 4 is 5.97 Å². The molecule has 0 aromatic rings. The van der Waals surface area contributed by atoms with Gasteiger partial charge in [-0.2, -0.15) is 0 Å². The molecule has 0 spiro atoms. The first kappa shape index (κ1) is 19.7. The van der Waals surface area contributed by atoms with Crippen LogP contribution in [0.15, 0.2) is 0 Å². The number of hydrogen-bond donors (Lipinski definition) is 0.